The van der Waals surface area contributed by atoms with E-state index in [0.29, 0.717) is 0 Å². The number of carbonyl (C=O) groups excluding carboxylic acids is 4. The first-order chi connectivity index (χ1) is 12.9. The zero-order chi connectivity index (χ0) is 19.6. The third-order valence-corrected chi connectivity index (χ3v) is 4.05. The molecule has 0 fully saturated rings. The lowest BCUT2D eigenvalue weighted by atomic mass is 10.1. The van der Waals surface area contributed by atoms with Crippen molar-refractivity contribution < 1.29 is 28.3 Å². The fourth-order valence-electron chi connectivity index (χ4n) is 2.67. The van der Waals surface area contributed by atoms with Crippen molar-refractivity contribution in [1.29, 1.82) is 0 Å². The molecule has 27 heavy (non-hydrogen) atoms. The van der Waals surface area contributed by atoms with Gasteiger partial charge in [-0.1, -0.05) is 24.3 Å². The SMILES string of the molecule is CC(C(=O)OCC(=O)Nc1ccccc1F)N1C(=O)c2ccccc2C1=O. The molecule has 2 aromatic rings. The number of esters is 1. The minimum atomic E-state index is -1.21. The molecule has 1 heterocycles. The maximum absolute atomic E-state index is 13.5. The van der Waals surface area contributed by atoms with Crippen molar-refractivity contribution in [3.63, 3.8) is 0 Å². The summed E-state index contributed by atoms with van der Waals surface area (Å²) in [7, 11) is 0. The molecule has 0 radical (unpaired) electrons. The minimum absolute atomic E-state index is 0.0491. The van der Waals surface area contributed by atoms with E-state index in [2.05, 4.69) is 5.32 Å². The van der Waals surface area contributed by atoms with Crippen LogP contribution in [0.15, 0.2) is 48.5 Å². The maximum Gasteiger partial charge on any atom is 0.329 e. The molecule has 3 amide bonds. The molecule has 0 aliphatic carbocycles. The molecule has 7 nitrogen and oxygen atoms in total. The number of rotatable bonds is 5. The highest BCUT2D eigenvalue weighted by atomic mass is 19.1. The number of benzene rings is 2. The number of para-hydroxylation sites is 1. The van der Waals surface area contributed by atoms with Crippen LogP contribution < -0.4 is 5.32 Å². The van der Waals surface area contributed by atoms with Crippen molar-refractivity contribution in [2.45, 2.75) is 13.0 Å². The summed E-state index contributed by atoms with van der Waals surface area (Å²) >= 11 is 0. The molecule has 2 aromatic carbocycles. The lowest BCUT2D eigenvalue weighted by Gasteiger charge is -2.20. The highest BCUT2D eigenvalue weighted by Crippen LogP contribution is 2.24. The molecule has 1 atom stereocenters. The second-order valence-electron chi connectivity index (χ2n) is 5.84. The van der Waals surface area contributed by atoms with Gasteiger partial charge in [-0.2, -0.15) is 0 Å². The number of hydrogen-bond acceptors (Lipinski definition) is 5. The number of halogens is 1. The van der Waals surface area contributed by atoms with E-state index in [4.69, 9.17) is 4.74 Å². The van der Waals surface area contributed by atoms with Crippen molar-refractivity contribution in [2.24, 2.45) is 0 Å². The van der Waals surface area contributed by atoms with Gasteiger partial charge >= 0.3 is 5.97 Å². The third kappa shape index (κ3) is 3.55. The number of carbonyl (C=O) groups is 4. The minimum Gasteiger partial charge on any atom is -0.454 e. The molecule has 1 aliphatic rings. The summed E-state index contributed by atoms with van der Waals surface area (Å²) in [5.74, 6) is -3.50. The number of anilines is 1. The Morgan fingerprint density at radius 2 is 1.59 bits per heavy atom. The van der Waals surface area contributed by atoms with Crippen molar-refractivity contribution in [1.82, 2.24) is 4.90 Å². The van der Waals surface area contributed by atoms with Gasteiger partial charge in [0.05, 0.1) is 16.8 Å². The average Bonchev–Trinajstić information content (AvgIpc) is 2.92. The Balaban J connectivity index is 1.60. The van der Waals surface area contributed by atoms with Crippen LogP contribution in [0.4, 0.5) is 10.1 Å². The standard InChI is InChI=1S/C19H15FN2O5/c1-11(22-17(24)12-6-2-3-7-13(12)18(22)25)19(26)27-10-16(23)21-15-9-5-4-8-14(15)20/h2-9,11H,10H2,1H3,(H,21,23). The van der Waals surface area contributed by atoms with Gasteiger partial charge in [-0.05, 0) is 31.2 Å². The molecule has 0 saturated heterocycles. The number of imide groups is 1. The monoisotopic (exact) mass is 370 g/mol. The molecule has 0 spiro atoms. The lowest BCUT2D eigenvalue weighted by Crippen LogP contribution is -2.44. The van der Waals surface area contributed by atoms with E-state index in [1.165, 1.54) is 43.3 Å². The summed E-state index contributed by atoms with van der Waals surface area (Å²) < 4.78 is 18.4. The first-order valence-electron chi connectivity index (χ1n) is 8.08. The van der Waals surface area contributed by atoms with Crippen molar-refractivity contribution in [2.75, 3.05) is 11.9 Å². The largest absolute Gasteiger partial charge is 0.454 e. The summed E-state index contributed by atoms with van der Waals surface area (Å²) in [6, 6.07) is 10.5. The van der Waals surface area contributed by atoms with Gasteiger partial charge in [-0.3, -0.25) is 19.3 Å². The Bertz CT molecular complexity index is 908. The summed E-state index contributed by atoms with van der Waals surface area (Å²) in [5, 5.41) is 2.27. The second-order valence-corrected chi connectivity index (χ2v) is 5.84. The molecule has 1 unspecified atom stereocenters. The van der Waals surface area contributed by atoms with E-state index in [-0.39, 0.29) is 16.8 Å². The van der Waals surface area contributed by atoms with Crippen LogP contribution in [-0.2, 0) is 14.3 Å². The van der Waals surface area contributed by atoms with Crippen LogP contribution in [0, 0.1) is 5.82 Å². The van der Waals surface area contributed by atoms with Crippen molar-refractivity contribution in [3.8, 4) is 0 Å². The quantitative estimate of drug-likeness (QED) is 0.642. The molecule has 3 rings (SSSR count). The molecular formula is C19H15FN2O5. The molecular weight excluding hydrogens is 355 g/mol. The van der Waals surface area contributed by atoms with E-state index in [0.717, 1.165) is 4.90 Å². The summed E-state index contributed by atoms with van der Waals surface area (Å²) in [4.78, 5) is 49.5. The van der Waals surface area contributed by atoms with Crippen LogP contribution in [-0.4, -0.2) is 41.2 Å². The molecule has 0 bridgehead atoms. The zero-order valence-electron chi connectivity index (χ0n) is 14.3. The summed E-state index contributed by atoms with van der Waals surface area (Å²) in [6.07, 6.45) is 0. The Labute approximate surface area is 153 Å². The number of nitrogens with one attached hydrogen (secondary N) is 1. The van der Waals surface area contributed by atoms with Gasteiger partial charge in [0.25, 0.3) is 17.7 Å². The van der Waals surface area contributed by atoms with Gasteiger partial charge in [0, 0.05) is 0 Å². The van der Waals surface area contributed by atoms with Gasteiger partial charge < -0.3 is 10.1 Å². The van der Waals surface area contributed by atoms with Crippen LogP contribution in [0.1, 0.15) is 27.6 Å². The van der Waals surface area contributed by atoms with Crippen molar-refractivity contribution in [3.05, 3.63) is 65.5 Å². The number of amides is 3. The number of fused-ring (bicyclic) bond motifs is 1. The Morgan fingerprint density at radius 3 is 2.19 bits per heavy atom. The number of hydrogen-bond donors (Lipinski definition) is 1. The fourth-order valence-corrected chi connectivity index (χ4v) is 2.67. The molecule has 1 aliphatic heterocycles. The third-order valence-electron chi connectivity index (χ3n) is 4.05. The van der Waals surface area contributed by atoms with E-state index in [9.17, 15) is 23.6 Å². The van der Waals surface area contributed by atoms with Gasteiger partial charge in [-0.25, -0.2) is 9.18 Å². The Morgan fingerprint density at radius 1 is 1.04 bits per heavy atom. The number of ether oxygens (including phenoxy) is 1. The lowest BCUT2D eigenvalue weighted by molar-refractivity contribution is -0.150. The molecule has 0 aromatic heterocycles. The highest BCUT2D eigenvalue weighted by Gasteiger charge is 2.41. The molecule has 0 saturated carbocycles. The smallest absolute Gasteiger partial charge is 0.329 e. The van der Waals surface area contributed by atoms with Crippen LogP contribution in [0.3, 0.4) is 0 Å². The maximum atomic E-state index is 13.5. The van der Waals surface area contributed by atoms with Crippen LogP contribution in [0.5, 0.6) is 0 Å². The zero-order valence-corrected chi connectivity index (χ0v) is 14.3. The molecule has 138 valence electrons. The van der Waals surface area contributed by atoms with Gasteiger partial charge in [-0.15, -0.1) is 0 Å². The molecule has 8 heteroatoms. The Kier molecular flexibility index (Phi) is 4.98. The van der Waals surface area contributed by atoms with E-state index < -0.39 is 42.2 Å². The first-order valence-corrected chi connectivity index (χ1v) is 8.08. The topological polar surface area (TPSA) is 92.8 Å². The highest BCUT2D eigenvalue weighted by molar-refractivity contribution is 6.22. The predicted molar refractivity (Wildman–Crippen MR) is 92.4 cm³/mol. The fraction of sp³-hybridized carbons (Fsp3) is 0.158. The van der Waals surface area contributed by atoms with Gasteiger partial charge in [0.2, 0.25) is 0 Å². The van der Waals surface area contributed by atoms with Crippen LogP contribution in [0.2, 0.25) is 0 Å². The average molecular weight is 370 g/mol. The predicted octanol–water partition coefficient (Wildman–Crippen LogP) is 1.99. The first kappa shape index (κ1) is 18.2. The van der Waals surface area contributed by atoms with Gasteiger partial charge in [0.1, 0.15) is 11.9 Å². The van der Waals surface area contributed by atoms with Crippen LogP contribution in [0.25, 0.3) is 0 Å². The van der Waals surface area contributed by atoms with E-state index in [1.54, 1.807) is 12.1 Å². The molecule has 1 N–H and O–H groups in total. The summed E-state index contributed by atoms with van der Waals surface area (Å²) in [5.41, 5.74) is 0.367. The second kappa shape index (κ2) is 7.36. The van der Waals surface area contributed by atoms with Gasteiger partial charge in [0.15, 0.2) is 6.61 Å². The van der Waals surface area contributed by atoms with E-state index >= 15 is 0 Å². The summed E-state index contributed by atoms with van der Waals surface area (Å²) in [6.45, 7) is 0.652. The van der Waals surface area contributed by atoms with E-state index in [1.807, 2.05) is 0 Å². The van der Waals surface area contributed by atoms with Crippen molar-refractivity contribution >= 4 is 29.4 Å². The Hall–Kier alpha value is -3.55. The van der Waals surface area contributed by atoms with Crippen LogP contribution >= 0.6 is 0 Å². The number of nitrogens with zero attached hydrogens (tertiary/aromatic N) is 1. The normalized spacial score (nSPS) is 13.9.